The van der Waals surface area contributed by atoms with Gasteiger partial charge in [-0.2, -0.15) is 0 Å². The van der Waals surface area contributed by atoms with Crippen LogP contribution in [0.3, 0.4) is 0 Å². The van der Waals surface area contributed by atoms with E-state index in [1.807, 2.05) is 18.2 Å². The number of esters is 1. The van der Waals surface area contributed by atoms with Crippen LogP contribution < -0.4 is 10.1 Å². The molecule has 0 saturated carbocycles. The van der Waals surface area contributed by atoms with Crippen molar-refractivity contribution in [3.05, 3.63) is 29.8 Å². The van der Waals surface area contributed by atoms with E-state index in [0.717, 1.165) is 30.0 Å². The first-order valence-electron chi connectivity index (χ1n) is 6.48. The van der Waals surface area contributed by atoms with Gasteiger partial charge in [-0.25, -0.2) is 4.79 Å². The Balaban J connectivity index is 2.78. The van der Waals surface area contributed by atoms with E-state index in [9.17, 15) is 4.79 Å². The summed E-state index contributed by atoms with van der Waals surface area (Å²) in [4.78, 5) is 11.2. The summed E-state index contributed by atoms with van der Waals surface area (Å²) in [6.45, 7) is 5.17. The third kappa shape index (κ3) is 5.04. The van der Waals surface area contributed by atoms with Gasteiger partial charge in [0.05, 0.1) is 19.4 Å². The Morgan fingerprint density at radius 2 is 2.16 bits per heavy atom. The summed E-state index contributed by atoms with van der Waals surface area (Å²) in [6, 6.07) is 5.75. The Labute approximate surface area is 114 Å². The van der Waals surface area contributed by atoms with Gasteiger partial charge < -0.3 is 14.8 Å². The zero-order valence-corrected chi connectivity index (χ0v) is 11.7. The van der Waals surface area contributed by atoms with Crippen LogP contribution in [0.5, 0.6) is 5.75 Å². The summed E-state index contributed by atoms with van der Waals surface area (Å²) in [7, 11) is 1.63. The van der Waals surface area contributed by atoms with Gasteiger partial charge in [0.2, 0.25) is 0 Å². The summed E-state index contributed by atoms with van der Waals surface area (Å²) < 4.78 is 10.2. The standard InChI is InChI=1S/C15H21NO3/c1-4-10-16-13-8-6-12(11-14(13)18-3)7-9-15(17)19-5-2/h6-9,11,16H,4-5,10H2,1-3H3. The van der Waals surface area contributed by atoms with Crippen molar-refractivity contribution in [1.82, 2.24) is 0 Å². The second-order valence-electron chi connectivity index (χ2n) is 3.97. The van der Waals surface area contributed by atoms with Crippen LogP contribution in [0.15, 0.2) is 24.3 Å². The van der Waals surface area contributed by atoms with Crippen LogP contribution in [0, 0.1) is 0 Å². The molecule has 19 heavy (non-hydrogen) atoms. The predicted molar refractivity (Wildman–Crippen MR) is 77.4 cm³/mol. The van der Waals surface area contributed by atoms with Gasteiger partial charge in [0.1, 0.15) is 5.75 Å². The lowest BCUT2D eigenvalue weighted by Crippen LogP contribution is -2.02. The van der Waals surface area contributed by atoms with Crippen LogP contribution in [-0.2, 0) is 9.53 Å². The second kappa shape index (κ2) is 8.19. The van der Waals surface area contributed by atoms with Crippen molar-refractivity contribution in [2.24, 2.45) is 0 Å². The van der Waals surface area contributed by atoms with Crippen LogP contribution in [0.25, 0.3) is 6.08 Å². The first-order valence-corrected chi connectivity index (χ1v) is 6.48. The van der Waals surface area contributed by atoms with Crippen molar-refractivity contribution in [1.29, 1.82) is 0 Å². The van der Waals surface area contributed by atoms with Crippen LogP contribution >= 0.6 is 0 Å². The number of anilines is 1. The molecule has 4 heteroatoms. The highest BCUT2D eigenvalue weighted by molar-refractivity contribution is 5.87. The highest BCUT2D eigenvalue weighted by atomic mass is 16.5. The fourth-order valence-electron chi connectivity index (χ4n) is 1.57. The Hall–Kier alpha value is -1.97. The SMILES string of the molecule is CCCNc1ccc(C=CC(=O)OCC)cc1OC. The van der Waals surface area contributed by atoms with E-state index in [-0.39, 0.29) is 5.97 Å². The lowest BCUT2D eigenvalue weighted by molar-refractivity contribution is -0.137. The molecule has 0 amide bonds. The maximum atomic E-state index is 11.2. The van der Waals surface area contributed by atoms with Gasteiger partial charge in [0.25, 0.3) is 0 Å². The van der Waals surface area contributed by atoms with Gasteiger partial charge >= 0.3 is 5.97 Å². The molecule has 1 aromatic carbocycles. The van der Waals surface area contributed by atoms with Crippen molar-refractivity contribution in [3.8, 4) is 5.75 Å². The molecular weight excluding hydrogens is 242 g/mol. The zero-order chi connectivity index (χ0) is 14.1. The Morgan fingerprint density at radius 3 is 2.79 bits per heavy atom. The summed E-state index contributed by atoms with van der Waals surface area (Å²) in [5, 5.41) is 3.29. The maximum absolute atomic E-state index is 11.2. The normalized spacial score (nSPS) is 10.5. The minimum atomic E-state index is -0.338. The third-order valence-corrected chi connectivity index (χ3v) is 2.49. The molecule has 0 radical (unpaired) electrons. The first kappa shape index (κ1) is 15.1. The largest absolute Gasteiger partial charge is 0.495 e. The molecule has 0 atom stereocenters. The molecule has 4 nitrogen and oxygen atoms in total. The number of ether oxygens (including phenoxy) is 2. The number of nitrogens with one attached hydrogen (secondary N) is 1. The van der Waals surface area contributed by atoms with E-state index < -0.39 is 0 Å². The van der Waals surface area contributed by atoms with Crippen LogP contribution in [0.2, 0.25) is 0 Å². The fourth-order valence-corrected chi connectivity index (χ4v) is 1.57. The predicted octanol–water partition coefficient (Wildman–Crippen LogP) is 3.09. The Kier molecular flexibility index (Phi) is 6.50. The topological polar surface area (TPSA) is 47.6 Å². The van der Waals surface area contributed by atoms with Crippen molar-refractivity contribution < 1.29 is 14.3 Å². The smallest absolute Gasteiger partial charge is 0.330 e. The summed E-state index contributed by atoms with van der Waals surface area (Å²) in [6.07, 6.45) is 4.18. The van der Waals surface area contributed by atoms with Gasteiger partial charge in [-0.1, -0.05) is 13.0 Å². The number of methoxy groups -OCH3 is 1. The lowest BCUT2D eigenvalue weighted by atomic mass is 10.1. The summed E-state index contributed by atoms with van der Waals surface area (Å²) in [5.74, 6) is 0.425. The average Bonchev–Trinajstić information content (AvgIpc) is 2.43. The average molecular weight is 263 g/mol. The monoisotopic (exact) mass is 263 g/mol. The van der Waals surface area contributed by atoms with E-state index in [0.29, 0.717) is 6.61 Å². The van der Waals surface area contributed by atoms with Gasteiger partial charge in [-0.15, -0.1) is 0 Å². The number of benzene rings is 1. The molecule has 0 heterocycles. The van der Waals surface area contributed by atoms with Crippen molar-refractivity contribution in [2.75, 3.05) is 25.6 Å². The quantitative estimate of drug-likeness (QED) is 0.606. The molecule has 0 aliphatic carbocycles. The number of rotatable bonds is 7. The molecule has 104 valence electrons. The van der Waals surface area contributed by atoms with Crippen LogP contribution in [0.1, 0.15) is 25.8 Å². The molecule has 1 rings (SSSR count). The van der Waals surface area contributed by atoms with Crippen LogP contribution in [-0.4, -0.2) is 26.2 Å². The maximum Gasteiger partial charge on any atom is 0.330 e. The fraction of sp³-hybridized carbons (Fsp3) is 0.400. The highest BCUT2D eigenvalue weighted by Gasteiger charge is 2.02. The number of carbonyl (C=O) groups excluding carboxylic acids is 1. The number of hydrogen-bond donors (Lipinski definition) is 1. The second-order valence-corrected chi connectivity index (χ2v) is 3.97. The minimum absolute atomic E-state index is 0.338. The molecule has 1 aromatic rings. The minimum Gasteiger partial charge on any atom is -0.495 e. The van der Waals surface area contributed by atoms with Gasteiger partial charge in [-0.3, -0.25) is 0 Å². The van der Waals surface area contributed by atoms with Crippen molar-refractivity contribution in [3.63, 3.8) is 0 Å². The number of carbonyl (C=O) groups is 1. The van der Waals surface area contributed by atoms with Crippen molar-refractivity contribution in [2.45, 2.75) is 20.3 Å². The summed E-state index contributed by atoms with van der Waals surface area (Å²) in [5.41, 5.74) is 1.85. The third-order valence-electron chi connectivity index (χ3n) is 2.49. The molecule has 0 aliphatic rings. The molecule has 0 unspecified atom stereocenters. The molecule has 0 aliphatic heterocycles. The van der Waals surface area contributed by atoms with E-state index in [2.05, 4.69) is 12.2 Å². The zero-order valence-electron chi connectivity index (χ0n) is 11.7. The summed E-state index contributed by atoms with van der Waals surface area (Å²) >= 11 is 0. The van der Waals surface area contributed by atoms with Crippen LogP contribution in [0.4, 0.5) is 5.69 Å². The molecular formula is C15H21NO3. The van der Waals surface area contributed by atoms with Gasteiger partial charge in [-0.05, 0) is 37.1 Å². The molecule has 0 fully saturated rings. The van der Waals surface area contributed by atoms with Crippen molar-refractivity contribution >= 4 is 17.7 Å². The van der Waals surface area contributed by atoms with Gasteiger partial charge in [0, 0.05) is 12.6 Å². The Morgan fingerprint density at radius 1 is 1.37 bits per heavy atom. The van der Waals surface area contributed by atoms with E-state index >= 15 is 0 Å². The van der Waals surface area contributed by atoms with E-state index in [4.69, 9.17) is 9.47 Å². The highest BCUT2D eigenvalue weighted by Crippen LogP contribution is 2.26. The van der Waals surface area contributed by atoms with E-state index in [1.165, 1.54) is 6.08 Å². The molecule has 0 saturated heterocycles. The van der Waals surface area contributed by atoms with E-state index in [1.54, 1.807) is 20.1 Å². The molecule has 0 bridgehead atoms. The first-order chi connectivity index (χ1) is 9.21. The lowest BCUT2D eigenvalue weighted by Gasteiger charge is -2.11. The molecule has 0 spiro atoms. The molecule has 1 N–H and O–H groups in total. The van der Waals surface area contributed by atoms with Gasteiger partial charge in [0.15, 0.2) is 0 Å². The molecule has 0 aromatic heterocycles. The number of hydrogen-bond acceptors (Lipinski definition) is 4. The Bertz CT molecular complexity index is 441.